The van der Waals surface area contributed by atoms with Crippen molar-refractivity contribution >= 4 is 5.97 Å². The Morgan fingerprint density at radius 1 is 1.50 bits per heavy atom. The summed E-state index contributed by atoms with van der Waals surface area (Å²) in [6.07, 6.45) is 1.28. The van der Waals surface area contributed by atoms with Crippen molar-refractivity contribution in [2.75, 3.05) is 13.1 Å². The Morgan fingerprint density at radius 2 is 2.22 bits per heavy atom. The van der Waals surface area contributed by atoms with Gasteiger partial charge in [0.15, 0.2) is 0 Å². The third kappa shape index (κ3) is 2.72. The van der Waals surface area contributed by atoms with Crippen LogP contribution in [0.5, 0.6) is 0 Å². The van der Waals surface area contributed by atoms with E-state index in [9.17, 15) is 4.79 Å². The first-order valence-electron chi connectivity index (χ1n) is 6.40. The molecule has 1 N–H and O–H groups in total. The Balaban J connectivity index is 1.97. The number of aliphatic carboxylic acids is 1. The molecule has 5 heteroatoms. The molecule has 2 rings (SSSR count). The van der Waals surface area contributed by atoms with Crippen molar-refractivity contribution in [2.45, 2.75) is 33.2 Å². The summed E-state index contributed by atoms with van der Waals surface area (Å²) in [5.74, 6) is -0.379. The fraction of sp³-hybridized carbons (Fsp3) is 0.692. The summed E-state index contributed by atoms with van der Waals surface area (Å²) in [7, 11) is 1.96. The Bertz CT molecular complexity index is 453. The second kappa shape index (κ2) is 5.10. The lowest BCUT2D eigenvalue weighted by Crippen LogP contribution is -2.21. The maximum atomic E-state index is 10.7. The quantitative estimate of drug-likeness (QED) is 0.877. The number of likely N-dealkylation sites (tertiary alicyclic amines) is 1. The van der Waals surface area contributed by atoms with Crippen LogP contribution in [0.25, 0.3) is 0 Å². The first-order chi connectivity index (χ1) is 8.47. The summed E-state index contributed by atoms with van der Waals surface area (Å²) < 4.78 is 1.91. The topological polar surface area (TPSA) is 58.4 Å². The molecule has 2 heterocycles. The highest BCUT2D eigenvalue weighted by Crippen LogP contribution is 2.23. The van der Waals surface area contributed by atoms with E-state index in [4.69, 9.17) is 5.11 Å². The average Bonchev–Trinajstić information content (AvgIpc) is 2.79. The van der Waals surface area contributed by atoms with Crippen molar-refractivity contribution in [3.8, 4) is 0 Å². The van der Waals surface area contributed by atoms with Gasteiger partial charge in [0, 0.05) is 37.8 Å². The van der Waals surface area contributed by atoms with Crippen LogP contribution in [-0.2, 0) is 18.4 Å². The number of aryl methyl sites for hydroxylation is 2. The van der Waals surface area contributed by atoms with E-state index in [1.807, 2.05) is 18.7 Å². The predicted octanol–water partition coefficient (Wildman–Crippen LogP) is 1.33. The molecule has 0 spiro atoms. The number of carbonyl (C=O) groups is 1. The highest BCUT2D eigenvalue weighted by Gasteiger charge is 2.25. The SMILES string of the molecule is Cc1nn(C)c(C)c1CN1CCC(CC(=O)O)C1. The lowest BCUT2D eigenvalue weighted by atomic mass is 10.1. The van der Waals surface area contributed by atoms with Gasteiger partial charge in [-0.2, -0.15) is 5.10 Å². The molecule has 1 fully saturated rings. The summed E-state index contributed by atoms with van der Waals surface area (Å²) in [4.78, 5) is 13.0. The van der Waals surface area contributed by atoms with Gasteiger partial charge in [-0.25, -0.2) is 0 Å². The van der Waals surface area contributed by atoms with Crippen LogP contribution in [0.15, 0.2) is 0 Å². The smallest absolute Gasteiger partial charge is 0.303 e. The first kappa shape index (κ1) is 13.1. The van der Waals surface area contributed by atoms with Gasteiger partial charge >= 0.3 is 5.97 Å². The molecule has 0 saturated carbocycles. The third-order valence-corrected chi connectivity index (χ3v) is 3.87. The normalized spacial score (nSPS) is 20.5. The standard InChI is InChI=1S/C13H21N3O2/c1-9-12(10(2)15(3)14-9)8-16-5-4-11(7-16)6-13(17)18/h11H,4-8H2,1-3H3,(H,17,18). The zero-order valence-corrected chi connectivity index (χ0v) is 11.3. The molecule has 0 amide bonds. The van der Waals surface area contributed by atoms with Crippen LogP contribution in [0.1, 0.15) is 29.8 Å². The molecule has 0 bridgehead atoms. The van der Waals surface area contributed by atoms with Crippen LogP contribution in [0.2, 0.25) is 0 Å². The van der Waals surface area contributed by atoms with E-state index >= 15 is 0 Å². The van der Waals surface area contributed by atoms with Crippen molar-refractivity contribution in [1.29, 1.82) is 0 Å². The molecule has 1 saturated heterocycles. The van der Waals surface area contributed by atoms with Crippen LogP contribution in [0.4, 0.5) is 0 Å². The second-order valence-corrected chi connectivity index (χ2v) is 5.26. The predicted molar refractivity (Wildman–Crippen MR) is 68.3 cm³/mol. The number of hydrogen-bond donors (Lipinski definition) is 1. The molecule has 1 aromatic heterocycles. The van der Waals surface area contributed by atoms with Crippen LogP contribution in [0, 0.1) is 19.8 Å². The maximum Gasteiger partial charge on any atom is 0.303 e. The van der Waals surface area contributed by atoms with Crippen LogP contribution in [0.3, 0.4) is 0 Å². The van der Waals surface area contributed by atoms with E-state index in [-0.39, 0.29) is 0 Å². The van der Waals surface area contributed by atoms with E-state index in [0.29, 0.717) is 12.3 Å². The minimum atomic E-state index is -0.685. The Morgan fingerprint density at radius 3 is 2.78 bits per heavy atom. The Hall–Kier alpha value is -1.36. The van der Waals surface area contributed by atoms with Gasteiger partial charge in [0.25, 0.3) is 0 Å². The number of nitrogens with zero attached hydrogens (tertiary/aromatic N) is 3. The highest BCUT2D eigenvalue weighted by molar-refractivity contribution is 5.67. The second-order valence-electron chi connectivity index (χ2n) is 5.26. The molecular formula is C13H21N3O2. The van der Waals surface area contributed by atoms with Gasteiger partial charge in [0.2, 0.25) is 0 Å². The van der Waals surface area contributed by atoms with E-state index < -0.39 is 5.97 Å². The molecule has 1 atom stereocenters. The van der Waals surface area contributed by atoms with Gasteiger partial charge in [-0.1, -0.05) is 0 Å². The van der Waals surface area contributed by atoms with Gasteiger partial charge < -0.3 is 5.11 Å². The number of aromatic nitrogens is 2. The summed E-state index contributed by atoms with van der Waals surface area (Å²) in [6.45, 7) is 6.89. The number of hydrogen-bond acceptors (Lipinski definition) is 3. The van der Waals surface area contributed by atoms with Gasteiger partial charge in [0.05, 0.1) is 5.69 Å². The number of carboxylic acid groups (broad SMARTS) is 1. The minimum absolute atomic E-state index is 0.293. The summed E-state index contributed by atoms with van der Waals surface area (Å²) in [5, 5.41) is 13.2. The highest BCUT2D eigenvalue weighted by atomic mass is 16.4. The first-order valence-corrected chi connectivity index (χ1v) is 6.40. The van der Waals surface area contributed by atoms with E-state index in [2.05, 4.69) is 16.9 Å². The number of rotatable bonds is 4. The molecule has 18 heavy (non-hydrogen) atoms. The monoisotopic (exact) mass is 251 g/mol. The lowest BCUT2D eigenvalue weighted by molar-refractivity contribution is -0.138. The molecule has 0 aromatic carbocycles. The van der Waals surface area contributed by atoms with Crippen molar-refractivity contribution in [1.82, 2.24) is 14.7 Å². The van der Waals surface area contributed by atoms with Crippen LogP contribution >= 0.6 is 0 Å². The molecule has 1 unspecified atom stereocenters. The van der Waals surface area contributed by atoms with Gasteiger partial charge in [0.1, 0.15) is 0 Å². The van der Waals surface area contributed by atoms with E-state index in [1.165, 1.54) is 11.3 Å². The summed E-state index contributed by atoms with van der Waals surface area (Å²) in [5.41, 5.74) is 3.57. The molecule has 0 radical (unpaired) electrons. The van der Waals surface area contributed by atoms with Gasteiger partial charge in [-0.05, 0) is 32.7 Å². The molecule has 1 aliphatic rings. The number of carboxylic acids is 1. The summed E-state index contributed by atoms with van der Waals surface area (Å²) in [6, 6.07) is 0. The van der Waals surface area contributed by atoms with Crippen molar-refractivity contribution in [3.63, 3.8) is 0 Å². The Labute approximate surface area is 107 Å². The largest absolute Gasteiger partial charge is 0.481 e. The third-order valence-electron chi connectivity index (χ3n) is 3.87. The van der Waals surface area contributed by atoms with E-state index in [1.54, 1.807) is 0 Å². The van der Waals surface area contributed by atoms with E-state index in [0.717, 1.165) is 31.7 Å². The molecule has 5 nitrogen and oxygen atoms in total. The van der Waals surface area contributed by atoms with Gasteiger partial charge in [-0.15, -0.1) is 0 Å². The molecule has 0 aliphatic carbocycles. The minimum Gasteiger partial charge on any atom is -0.481 e. The van der Waals surface area contributed by atoms with Crippen LogP contribution in [-0.4, -0.2) is 38.8 Å². The Kier molecular flexibility index (Phi) is 3.71. The average molecular weight is 251 g/mol. The van der Waals surface area contributed by atoms with Crippen molar-refractivity contribution in [2.24, 2.45) is 13.0 Å². The zero-order valence-electron chi connectivity index (χ0n) is 11.3. The maximum absolute atomic E-state index is 10.7. The fourth-order valence-corrected chi connectivity index (χ4v) is 2.74. The molecule has 1 aromatic rings. The fourth-order valence-electron chi connectivity index (χ4n) is 2.74. The van der Waals surface area contributed by atoms with Crippen LogP contribution < -0.4 is 0 Å². The summed E-state index contributed by atoms with van der Waals surface area (Å²) >= 11 is 0. The molecule has 1 aliphatic heterocycles. The lowest BCUT2D eigenvalue weighted by Gasteiger charge is -2.15. The van der Waals surface area contributed by atoms with Gasteiger partial charge in [-0.3, -0.25) is 14.4 Å². The van der Waals surface area contributed by atoms with Crippen molar-refractivity contribution < 1.29 is 9.90 Å². The molecular weight excluding hydrogens is 230 g/mol. The zero-order chi connectivity index (χ0) is 13.3. The molecule has 100 valence electrons. The van der Waals surface area contributed by atoms with Crippen molar-refractivity contribution in [3.05, 3.63) is 17.0 Å².